The van der Waals surface area contributed by atoms with Crippen LogP contribution in [0.1, 0.15) is 60.7 Å². The number of nitrogens with zero attached hydrogens (tertiary/aromatic N) is 1. The van der Waals surface area contributed by atoms with Crippen LogP contribution < -0.4 is 10.1 Å². The molecule has 3 aliphatic rings. The fourth-order valence-electron chi connectivity index (χ4n) is 6.91. The molecule has 4 unspecified atom stereocenters. The summed E-state index contributed by atoms with van der Waals surface area (Å²) in [5, 5.41) is 25.3. The molecule has 6 rings (SSSR count). The number of piperidine rings is 1. The number of hydrogen-bond acceptors (Lipinski definition) is 5. The van der Waals surface area contributed by atoms with Gasteiger partial charge in [-0.05, 0) is 91.1 Å². The Balaban J connectivity index is 1.30. The summed E-state index contributed by atoms with van der Waals surface area (Å²) in [6.07, 6.45) is 5.41. The van der Waals surface area contributed by atoms with Crippen molar-refractivity contribution < 1.29 is 14.9 Å². The predicted octanol–water partition coefficient (Wildman–Crippen LogP) is 4.81. The molecule has 1 fully saturated rings. The van der Waals surface area contributed by atoms with E-state index < -0.39 is 0 Å². The van der Waals surface area contributed by atoms with Crippen molar-refractivity contribution in [3.05, 3.63) is 52.7 Å². The van der Waals surface area contributed by atoms with E-state index in [1.807, 2.05) is 18.2 Å². The molecule has 4 heterocycles. The van der Waals surface area contributed by atoms with Gasteiger partial charge >= 0.3 is 0 Å². The summed E-state index contributed by atoms with van der Waals surface area (Å²) in [5.74, 6) is 2.45. The molecule has 0 saturated carbocycles. The van der Waals surface area contributed by atoms with Crippen LogP contribution in [0, 0.1) is 11.8 Å². The molecule has 3 aromatic rings. The predicted molar refractivity (Wildman–Crippen MR) is 134 cm³/mol. The Hall–Kier alpha value is -2.70. The first-order chi connectivity index (χ1) is 16.6. The summed E-state index contributed by atoms with van der Waals surface area (Å²) in [5.41, 5.74) is 6.38. The maximum atomic E-state index is 10.3. The van der Waals surface area contributed by atoms with Crippen LogP contribution in [0.5, 0.6) is 17.2 Å². The van der Waals surface area contributed by atoms with Crippen molar-refractivity contribution in [2.75, 3.05) is 26.7 Å². The maximum Gasteiger partial charge on any atom is 0.160 e. The lowest BCUT2D eigenvalue weighted by atomic mass is 9.73. The van der Waals surface area contributed by atoms with E-state index >= 15 is 0 Å². The Bertz CT molecular complexity index is 1220. The van der Waals surface area contributed by atoms with Crippen molar-refractivity contribution in [3.63, 3.8) is 0 Å². The number of H-pyrrole nitrogens is 1. The highest BCUT2D eigenvalue weighted by Crippen LogP contribution is 2.47. The van der Waals surface area contributed by atoms with E-state index in [9.17, 15) is 10.2 Å². The molecule has 34 heavy (non-hydrogen) atoms. The molecule has 1 saturated heterocycles. The van der Waals surface area contributed by atoms with Gasteiger partial charge in [-0.2, -0.15) is 0 Å². The average molecular weight is 462 g/mol. The number of phenols is 2. The number of aromatic amines is 1. The van der Waals surface area contributed by atoms with Crippen molar-refractivity contribution >= 4 is 10.9 Å². The Morgan fingerprint density at radius 3 is 2.82 bits per heavy atom. The number of benzene rings is 2. The number of phenolic OH excluding ortho intramolecular Hbond substituents is 2. The number of aromatic nitrogens is 1. The van der Waals surface area contributed by atoms with Gasteiger partial charge in [0.05, 0.1) is 7.11 Å². The van der Waals surface area contributed by atoms with Crippen LogP contribution in [-0.2, 0) is 12.8 Å². The quantitative estimate of drug-likeness (QED) is 0.448. The van der Waals surface area contributed by atoms with Gasteiger partial charge in [-0.25, -0.2) is 0 Å². The first-order valence-corrected chi connectivity index (χ1v) is 12.8. The van der Waals surface area contributed by atoms with Crippen molar-refractivity contribution in [3.8, 4) is 17.2 Å². The fourth-order valence-corrected chi connectivity index (χ4v) is 6.91. The van der Waals surface area contributed by atoms with Gasteiger partial charge in [0, 0.05) is 41.8 Å². The molecule has 6 heteroatoms. The van der Waals surface area contributed by atoms with Crippen molar-refractivity contribution in [1.29, 1.82) is 0 Å². The number of nitrogens with one attached hydrogen (secondary N) is 2. The van der Waals surface area contributed by atoms with Crippen LogP contribution in [0.25, 0.3) is 10.9 Å². The molecule has 1 aromatic heterocycles. The van der Waals surface area contributed by atoms with Crippen LogP contribution in [0.3, 0.4) is 0 Å². The minimum absolute atomic E-state index is 0.247. The Morgan fingerprint density at radius 2 is 2.00 bits per heavy atom. The Morgan fingerprint density at radius 1 is 1.12 bits per heavy atom. The molecule has 0 aliphatic carbocycles. The van der Waals surface area contributed by atoms with E-state index in [0.717, 1.165) is 56.2 Å². The molecular weight excluding hydrogens is 426 g/mol. The van der Waals surface area contributed by atoms with Crippen LogP contribution >= 0.6 is 0 Å². The standard InChI is InChI=1S/C28H35N3O3/c1-3-16-15-31-9-7-17-12-26(33)27(34-2)14-21(17)25(31)11-18(16)10-24-28-20(6-8-29-24)22-13-19(32)4-5-23(22)30-28/h4-5,12-14,16,18,24-25,29-30,32-33H,3,6-11,15H2,1-2H3. The van der Waals surface area contributed by atoms with E-state index in [2.05, 4.69) is 28.2 Å². The minimum Gasteiger partial charge on any atom is -0.508 e. The highest BCUT2D eigenvalue weighted by molar-refractivity contribution is 5.86. The van der Waals surface area contributed by atoms with E-state index in [1.165, 1.54) is 28.8 Å². The summed E-state index contributed by atoms with van der Waals surface area (Å²) in [4.78, 5) is 6.34. The largest absolute Gasteiger partial charge is 0.508 e. The molecule has 4 atom stereocenters. The monoisotopic (exact) mass is 461 g/mol. The van der Waals surface area contributed by atoms with Gasteiger partial charge in [-0.1, -0.05) is 13.3 Å². The minimum atomic E-state index is 0.247. The van der Waals surface area contributed by atoms with Gasteiger partial charge < -0.3 is 25.3 Å². The summed E-state index contributed by atoms with van der Waals surface area (Å²) in [7, 11) is 1.63. The number of aromatic hydroxyl groups is 2. The fraction of sp³-hybridized carbons (Fsp3) is 0.500. The second-order valence-electron chi connectivity index (χ2n) is 10.4. The smallest absolute Gasteiger partial charge is 0.160 e. The third-order valence-corrected chi connectivity index (χ3v) is 8.67. The zero-order chi connectivity index (χ0) is 23.4. The average Bonchev–Trinajstić information content (AvgIpc) is 3.22. The van der Waals surface area contributed by atoms with Gasteiger partial charge in [0.15, 0.2) is 11.5 Å². The van der Waals surface area contributed by atoms with Crippen LogP contribution in [0.2, 0.25) is 0 Å². The van der Waals surface area contributed by atoms with Crippen molar-refractivity contribution in [2.24, 2.45) is 11.8 Å². The normalized spacial score (nSPS) is 26.6. The van der Waals surface area contributed by atoms with Gasteiger partial charge in [0.2, 0.25) is 0 Å². The first-order valence-electron chi connectivity index (χ1n) is 12.8. The van der Waals surface area contributed by atoms with E-state index in [4.69, 9.17) is 4.74 Å². The Kier molecular flexibility index (Phi) is 5.46. The molecule has 0 bridgehead atoms. The maximum absolute atomic E-state index is 10.3. The summed E-state index contributed by atoms with van der Waals surface area (Å²) < 4.78 is 5.46. The molecule has 3 aliphatic heterocycles. The van der Waals surface area contributed by atoms with Gasteiger partial charge in [0.25, 0.3) is 0 Å². The molecule has 180 valence electrons. The van der Waals surface area contributed by atoms with E-state index in [0.29, 0.717) is 35.4 Å². The van der Waals surface area contributed by atoms with Gasteiger partial charge in [-0.3, -0.25) is 4.90 Å². The van der Waals surface area contributed by atoms with Crippen LogP contribution in [0.15, 0.2) is 30.3 Å². The highest BCUT2D eigenvalue weighted by atomic mass is 16.5. The van der Waals surface area contributed by atoms with Crippen LogP contribution in [-0.4, -0.2) is 46.8 Å². The first kappa shape index (κ1) is 21.8. The molecule has 2 aromatic carbocycles. The lowest BCUT2D eigenvalue weighted by molar-refractivity contribution is 0.0433. The SMILES string of the molecule is CCC1CN2CCc3cc(O)c(OC)cc3C2CC1CC1NCCc2c1[nH]c1ccc(O)cc21. The molecule has 0 spiro atoms. The summed E-state index contributed by atoms with van der Waals surface area (Å²) >= 11 is 0. The third kappa shape index (κ3) is 3.55. The lowest BCUT2D eigenvalue weighted by Gasteiger charge is -2.48. The summed E-state index contributed by atoms with van der Waals surface area (Å²) in [6.45, 7) is 5.50. The second kappa shape index (κ2) is 8.51. The molecular formula is C28H35N3O3. The zero-order valence-corrected chi connectivity index (χ0v) is 20.1. The number of hydrogen-bond donors (Lipinski definition) is 4. The number of rotatable bonds is 4. The van der Waals surface area contributed by atoms with Gasteiger partial charge in [0.1, 0.15) is 5.75 Å². The molecule has 6 nitrogen and oxygen atoms in total. The van der Waals surface area contributed by atoms with E-state index in [-0.39, 0.29) is 5.75 Å². The topological polar surface area (TPSA) is 80.8 Å². The summed E-state index contributed by atoms with van der Waals surface area (Å²) in [6, 6.07) is 10.3. The molecule has 0 radical (unpaired) electrons. The lowest BCUT2D eigenvalue weighted by Crippen LogP contribution is -2.46. The Labute approximate surface area is 200 Å². The van der Waals surface area contributed by atoms with Crippen LogP contribution in [0.4, 0.5) is 0 Å². The molecule has 4 N–H and O–H groups in total. The second-order valence-corrected chi connectivity index (χ2v) is 10.4. The van der Waals surface area contributed by atoms with E-state index in [1.54, 1.807) is 13.2 Å². The number of ether oxygens (including phenoxy) is 1. The highest BCUT2D eigenvalue weighted by Gasteiger charge is 2.40. The zero-order valence-electron chi connectivity index (χ0n) is 20.1. The van der Waals surface area contributed by atoms with Gasteiger partial charge in [-0.15, -0.1) is 0 Å². The molecule has 0 amide bonds. The number of methoxy groups -OCH3 is 1. The van der Waals surface area contributed by atoms with Crippen molar-refractivity contribution in [1.82, 2.24) is 15.2 Å². The third-order valence-electron chi connectivity index (χ3n) is 8.67. The number of fused-ring (bicyclic) bond motifs is 6. The van der Waals surface area contributed by atoms with Crippen molar-refractivity contribution in [2.45, 2.75) is 51.1 Å².